The summed E-state index contributed by atoms with van der Waals surface area (Å²) in [6.45, 7) is 21.7. The van der Waals surface area contributed by atoms with Crippen molar-refractivity contribution in [1.82, 2.24) is 0 Å². The molecule has 1 aliphatic heterocycles. The molecule has 0 unspecified atom stereocenters. The van der Waals surface area contributed by atoms with E-state index in [4.69, 9.17) is 0 Å². The first-order valence-electron chi connectivity index (χ1n) is 14.6. The van der Waals surface area contributed by atoms with Gasteiger partial charge in [0.2, 0.25) is 0 Å². The van der Waals surface area contributed by atoms with E-state index in [1.54, 1.807) is 20.8 Å². The Balaban J connectivity index is 2.03. The Hall–Kier alpha value is -2.77. The molecule has 1 aliphatic rings. The van der Waals surface area contributed by atoms with E-state index in [9.17, 15) is 0 Å². The Morgan fingerprint density at radius 2 is 0.400 bits per heavy atom. The first kappa shape index (κ1) is 28.7. The summed E-state index contributed by atoms with van der Waals surface area (Å²) in [5.74, 6) is 0. The molecular formula is C36H44Si4. The van der Waals surface area contributed by atoms with Crippen molar-refractivity contribution in [2.75, 3.05) is 0 Å². The van der Waals surface area contributed by atoms with Crippen LogP contribution in [0.15, 0.2) is 121 Å². The molecule has 1 heterocycles. The molecule has 0 aromatic heterocycles. The first-order chi connectivity index (χ1) is 18.9. The second kappa shape index (κ2) is 10.6. The van der Waals surface area contributed by atoms with Crippen LogP contribution < -0.4 is 0 Å². The molecule has 4 aromatic rings. The predicted molar refractivity (Wildman–Crippen MR) is 189 cm³/mol. The van der Waals surface area contributed by atoms with Crippen LogP contribution in [0.3, 0.4) is 0 Å². The van der Waals surface area contributed by atoms with Gasteiger partial charge < -0.3 is 0 Å². The van der Waals surface area contributed by atoms with E-state index in [-0.39, 0.29) is 0 Å². The molecule has 40 heavy (non-hydrogen) atoms. The fourth-order valence-corrected chi connectivity index (χ4v) is 32.1. The van der Waals surface area contributed by atoms with Crippen molar-refractivity contribution in [1.29, 1.82) is 0 Å². The van der Waals surface area contributed by atoms with Crippen LogP contribution in [0, 0.1) is 0 Å². The predicted octanol–water partition coefficient (Wildman–Crippen LogP) is 10.4. The lowest BCUT2D eigenvalue weighted by atomic mass is 10.1. The van der Waals surface area contributed by atoms with E-state index in [0.29, 0.717) is 0 Å². The normalized spacial score (nSPS) is 23.2. The molecule has 0 amide bonds. The van der Waals surface area contributed by atoms with Crippen molar-refractivity contribution in [3.8, 4) is 0 Å². The highest BCUT2D eigenvalue weighted by atomic mass is 29.3. The third kappa shape index (κ3) is 4.55. The summed E-state index contributed by atoms with van der Waals surface area (Å²) in [6, 6.07) is 46.0. The average Bonchev–Trinajstić information content (AvgIpc) is 2.95. The van der Waals surface area contributed by atoms with Crippen LogP contribution in [-0.4, -0.2) is 30.4 Å². The van der Waals surface area contributed by atoms with Gasteiger partial charge >= 0.3 is 0 Å². The molecule has 5 rings (SSSR count). The molecular weight excluding hydrogens is 545 g/mol. The summed E-state index contributed by atoms with van der Waals surface area (Å²) < 4.78 is 0. The van der Waals surface area contributed by atoms with Gasteiger partial charge in [-0.25, -0.2) is 0 Å². The highest BCUT2D eigenvalue weighted by molar-refractivity contribution is 7.60. The van der Waals surface area contributed by atoms with Crippen molar-refractivity contribution < 1.29 is 0 Å². The summed E-state index contributed by atoms with van der Waals surface area (Å²) in [6.07, 6.45) is 0. The Morgan fingerprint density at radius 3 is 0.550 bits per heavy atom. The highest BCUT2D eigenvalue weighted by Gasteiger charge is 2.57. The molecule has 4 aromatic carbocycles. The molecule has 0 fully saturated rings. The molecule has 0 saturated heterocycles. The van der Waals surface area contributed by atoms with Gasteiger partial charge in [0, 0.05) is 0 Å². The van der Waals surface area contributed by atoms with Gasteiger partial charge in [-0.15, -0.1) is 0 Å². The van der Waals surface area contributed by atoms with Gasteiger partial charge in [0.25, 0.3) is 0 Å². The third-order valence-corrected chi connectivity index (χ3v) is 46.0. The summed E-state index contributed by atoms with van der Waals surface area (Å²) in [5.41, 5.74) is 5.83. The maximum Gasteiger partial charge on any atom is 0.0798 e. The molecule has 0 spiro atoms. The van der Waals surface area contributed by atoms with Crippen LogP contribution in [0.4, 0.5) is 0 Å². The zero-order chi connectivity index (χ0) is 28.8. The minimum Gasteiger partial charge on any atom is -0.0671 e. The van der Waals surface area contributed by atoms with Crippen molar-refractivity contribution in [2.24, 2.45) is 0 Å². The Bertz CT molecular complexity index is 1310. The third-order valence-electron chi connectivity index (χ3n) is 10.4. The lowest BCUT2D eigenvalue weighted by Crippen LogP contribution is -2.65. The van der Waals surface area contributed by atoms with Crippen molar-refractivity contribution in [3.05, 3.63) is 144 Å². The van der Waals surface area contributed by atoms with Gasteiger partial charge in [-0.3, -0.25) is 0 Å². The Morgan fingerprint density at radius 1 is 0.250 bits per heavy atom. The highest BCUT2D eigenvalue weighted by Crippen LogP contribution is 2.54. The number of hydrogen-bond donors (Lipinski definition) is 0. The molecule has 0 nitrogen and oxygen atoms in total. The molecule has 4 heteroatoms. The average molecular weight is 589 g/mol. The van der Waals surface area contributed by atoms with Crippen LogP contribution in [-0.2, 0) is 0 Å². The fourth-order valence-electron chi connectivity index (χ4n) is 6.94. The van der Waals surface area contributed by atoms with Gasteiger partial charge in [0.05, 0.1) is 30.4 Å². The Labute approximate surface area is 246 Å². The molecule has 0 bridgehead atoms. The van der Waals surface area contributed by atoms with Crippen LogP contribution >= 0.6 is 0 Å². The maximum atomic E-state index is 2.71. The van der Waals surface area contributed by atoms with Gasteiger partial charge in [-0.05, 0) is 22.3 Å². The van der Waals surface area contributed by atoms with E-state index < -0.39 is 30.4 Å². The van der Waals surface area contributed by atoms with Crippen molar-refractivity contribution >= 4 is 51.2 Å². The summed E-state index contributed by atoms with van der Waals surface area (Å²) in [5, 5.41) is 6.92. The van der Waals surface area contributed by atoms with E-state index in [1.165, 1.54) is 22.3 Å². The van der Waals surface area contributed by atoms with Crippen LogP contribution in [0.2, 0.25) is 52.4 Å². The largest absolute Gasteiger partial charge is 0.0798 e. The van der Waals surface area contributed by atoms with Crippen LogP contribution in [0.1, 0.15) is 22.3 Å². The second-order valence-corrected chi connectivity index (χ2v) is 43.5. The summed E-state index contributed by atoms with van der Waals surface area (Å²) in [7, 11) is -8.28. The van der Waals surface area contributed by atoms with Crippen molar-refractivity contribution in [2.45, 2.75) is 52.4 Å². The van der Waals surface area contributed by atoms with Crippen molar-refractivity contribution in [3.63, 3.8) is 0 Å². The van der Waals surface area contributed by atoms with E-state index in [0.717, 1.165) is 0 Å². The number of hydrogen-bond acceptors (Lipinski definition) is 0. The van der Waals surface area contributed by atoms with E-state index >= 15 is 0 Å². The zero-order valence-electron chi connectivity index (χ0n) is 25.5. The van der Waals surface area contributed by atoms with Crippen LogP contribution in [0.5, 0.6) is 0 Å². The zero-order valence-corrected chi connectivity index (χ0v) is 29.5. The molecule has 0 N–H and O–H groups in total. The van der Waals surface area contributed by atoms with E-state index in [2.05, 4.69) is 174 Å². The smallest absolute Gasteiger partial charge is 0.0671 e. The lowest BCUT2D eigenvalue weighted by molar-refractivity contribution is 1.57. The fraction of sp³-hybridized carbons (Fsp3) is 0.222. The number of benzene rings is 4. The van der Waals surface area contributed by atoms with Gasteiger partial charge in [-0.2, -0.15) is 0 Å². The summed E-state index contributed by atoms with van der Waals surface area (Å²) in [4.78, 5) is 0. The minimum atomic E-state index is -2.07. The number of rotatable bonds is 4. The summed E-state index contributed by atoms with van der Waals surface area (Å²) >= 11 is 0. The molecule has 0 radical (unpaired) electrons. The van der Waals surface area contributed by atoms with Gasteiger partial charge in [0.15, 0.2) is 0 Å². The molecule has 0 saturated carbocycles. The first-order valence-corrected chi connectivity index (χ1v) is 28.6. The maximum absolute atomic E-state index is 2.71. The van der Waals surface area contributed by atoms with Gasteiger partial charge in [-0.1, -0.05) is 194 Å². The quantitative estimate of drug-likeness (QED) is 0.208. The SMILES string of the molecule is C[Si]1(C)/C(c2ccccc2)=C(/c2ccccc2)[Si](C)(C)[Si](C)(C)/C(c2ccccc2)=C(/c2ccccc2)[Si]1(C)C. The molecule has 0 atom stereocenters. The molecule has 0 aliphatic carbocycles. The standard InChI is InChI=1S/C36H44Si4/c1-37(2)33(29-21-13-9-14-22-29)34(30-23-15-10-16-24-30)39(5,6)40(7,8)36(32-27-19-12-20-28-32)35(38(37,3)4)31-25-17-11-18-26-31/h9-28H,1-8H3/b34-33-,36-35-. The second-order valence-electron chi connectivity index (χ2n) is 13.5. The van der Waals surface area contributed by atoms with Crippen LogP contribution in [0.25, 0.3) is 20.8 Å². The van der Waals surface area contributed by atoms with Gasteiger partial charge in [0.1, 0.15) is 0 Å². The monoisotopic (exact) mass is 588 g/mol. The van der Waals surface area contributed by atoms with E-state index in [1.807, 2.05) is 0 Å². The lowest BCUT2D eigenvalue weighted by Gasteiger charge is -2.53. The molecule has 204 valence electrons. The topological polar surface area (TPSA) is 0 Å². The Kier molecular flexibility index (Phi) is 7.59. The minimum absolute atomic E-state index is 1.46.